The molecular weight excluding hydrogens is 386 g/mol. The molecule has 1 aliphatic heterocycles. The highest BCUT2D eigenvalue weighted by Crippen LogP contribution is 2.38. The number of aryl methyl sites for hydroxylation is 1. The fraction of sp³-hybridized carbons (Fsp3) is 0.176. The number of hydrogen-bond donors (Lipinski definition) is 1. The van der Waals surface area contributed by atoms with E-state index in [0.29, 0.717) is 35.5 Å². The lowest BCUT2D eigenvalue weighted by atomic mass is 10.3. The molecule has 0 saturated carbocycles. The topological polar surface area (TPSA) is 91.2 Å². The second-order valence-corrected chi connectivity index (χ2v) is 7.77. The molecule has 4 heterocycles. The highest BCUT2D eigenvalue weighted by molar-refractivity contribution is 7.22. The zero-order chi connectivity index (χ0) is 18.4. The Kier molecular flexibility index (Phi) is 3.80. The molecule has 0 aliphatic carbocycles. The van der Waals surface area contributed by atoms with Gasteiger partial charge in [-0.2, -0.15) is 5.10 Å². The Labute approximate surface area is 161 Å². The van der Waals surface area contributed by atoms with E-state index in [1.54, 1.807) is 16.3 Å². The third-order valence-electron chi connectivity index (χ3n) is 3.96. The molecule has 10 heteroatoms. The second kappa shape index (κ2) is 6.32. The Bertz CT molecular complexity index is 1120. The minimum atomic E-state index is -0.294. The third kappa shape index (κ3) is 3.02. The van der Waals surface area contributed by atoms with Gasteiger partial charge in [0.1, 0.15) is 23.9 Å². The number of nitrogens with one attached hydrogen (secondary N) is 1. The first-order valence-electron chi connectivity index (χ1n) is 8.12. The highest BCUT2D eigenvalue weighted by atomic mass is 32.1. The van der Waals surface area contributed by atoms with E-state index in [2.05, 4.69) is 20.4 Å². The van der Waals surface area contributed by atoms with E-state index in [1.807, 2.05) is 25.4 Å². The zero-order valence-electron chi connectivity index (χ0n) is 14.1. The zero-order valence-corrected chi connectivity index (χ0v) is 15.8. The number of hydrogen-bond acceptors (Lipinski definition) is 8. The number of rotatable bonds is 3. The van der Waals surface area contributed by atoms with Gasteiger partial charge in [0.05, 0.1) is 16.4 Å². The molecule has 0 radical (unpaired) electrons. The molecule has 1 N–H and O–H groups in total. The smallest absolute Gasteiger partial charge is 0.276 e. The molecular formula is C17H13N5O3S2. The van der Waals surface area contributed by atoms with Gasteiger partial charge in [-0.1, -0.05) is 11.3 Å². The first-order valence-corrected chi connectivity index (χ1v) is 9.81. The molecule has 1 aromatic carbocycles. The van der Waals surface area contributed by atoms with E-state index < -0.39 is 0 Å². The highest BCUT2D eigenvalue weighted by Gasteiger charge is 2.18. The monoisotopic (exact) mass is 399 g/mol. The van der Waals surface area contributed by atoms with Crippen molar-refractivity contribution in [3.05, 3.63) is 35.6 Å². The molecule has 8 nitrogen and oxygen atoms in total. The van der Waals surface area contributed by atoms with Crippen LogP contribution in [0.2, 0.25) is 0 Å². The summed E-state index contributed by atoms with van der Waals surface area (Å²) in [4.78, 5) is 21.4. The van der Waals surface area contributed by atoms with Crippen LogP contribution in [-0.4, -0.2) is 38.9 Å². The predicted molar refractivity (Wildman–Crippen MR) is 103 cm³/mol. The van der Waals surface area contributed by atoms with Crippen molar-refractivity contribution in [2.75, 3.05) is 18.5 Å². The number of aromatic nitrogens is 4. The molecule has 0 bridgehead atoms. The third-order valence-corrected chi connectivity index (χ3v) is 5.79. The fourth-order valence-electron chi connectivity index (χ4n) is 2.72. The SMILES string of the molecule is Cn1cc(-c2nc(C(=O)Nc3nc4cc5c(cc4s3)OCCO5)cs2)cn1. The van der Waals surface area contributed by atoms with Crippen molar-refractivity contribution in [3.8, 4) is 22.1 Å². The van der Waals surface area contributed by atoms with E-state index in [9.17, 15) is 4.79 Å². The number of anilines is 1. The maximum Gasteiger partial charge on any atom is 0.276 e. The van der Waals surface area contributed by atoms with E-state index in [-0.39, 0.29) is 5.91 Å². The van der Waals surface area contributed by atoms with Crippen molar-refractivity contribution in [2.45, 2.75) is 0 Å². The summed E-state index contributed by atoms with van der Waals surface area (Å²) in [5.74, 6) is 1.09. The maximum atomic E-state index is 12.5. The lowest BCUT2D eigenvalue weighted by Gasteiger charge is -2.17. The van der Waals surface area contributed by atoms with Gasteiger partial charge in [0.25, 0.3) is 5.91 Å². The van der Waals surface area contributed by atoms with Gasteiger partial charge in [-0.25, -0.2) is 9.97 Å². The number of carbonyl (C=O) groups is 1. The van der Waals surface area contributed by atoms with Crippen molar-refractivity contribution in [2.24, 2.45) is 7.05 Å². The molecule has 27 heavy (non-hydrogen) atoms. The van der Waals surface area contributed by atoms with Crippen LogP contribution in [0.3, 0.4) is 0 Å². The molecule has 0 saturated heterocycles. The average molecular weight is 399 g/mol. The summed E-state index contributed by atoms with van der Waals surface area (Å²) in [5, 5.41) is 9.93. The lowest BCUT2D eigenvalue weighted by molar-refractivity contribution is 0.102. The van der Waals surface area contributed by atoms with Crippen molar-refractivity contribution in [1.82, 2.24) is 19.7 Å². The summed E-state index contributed by atoms with van der Waals surface area (Å²) in [6, 6.07) is 3.72. The molecule has 3 aromatic heterocycles. The normalized spacial score (nSPS) is 13.1. The number of fused-ring (bicyclic) bond motifs is 2. The Morgan fingerprint density at radius 1 is 1.22 bits per heavy atom. The van der Waals surface area contributed by atoms with Crippen LogP contribution >= 0.6 is 22.7 Å². The van der Waals surface area contributed by atoms with Crippen molar-refractivity contribution in [3.63, 3.8) is 0 Å². The molecule has 0 spiro atoms. The van der Waals surface area contributed by atoms with Gasteiger partial charge in [-0.3, -0.25) is 14.8 Å². The minimum Gasteiger partial charge on any atom is -0.486 e. The van der Waals surface area contributed by atoms with Gasteiger partial charge in [-0.15, -0.1) is 11.3 Å². The van der Waals surface area contributed by atoms with E-state index >= 15 is 0 Å². The van der Waals surface area contributed by atoms with Crippen LogP contribution in [0, 0.1) is 0 Å². The molecule has 1 amide bonds. The van der Waals surface area contributed by atoms with Crippen LogP contribution in [0.4, 0.5) is 5.13 Å². The van der Waals surface area contributed by atoms with E-state index in [4.69, 9.17) is 9.47 Å². The number of thiazole rings is 2. The number of nitrogens with zero attached hydrogens (tertiary/aromatic N) is 4. The molecule has 0 unspecified atom stereocenters. The van der Waals surface area contributed by atoms with Crippen LogP contribution in [0.5, 0.6) is 11.5 Å². The van der Waals surface area contributed by atoms with Crippen LogP contribution in [0.25, 0.3) is 20.8 Å². The minimum absolute atomic E-state index is 0.294. The first kappa shape index (κ1) is 16.2. The molecule has 1 aliphatic rings. The Morgan fingerprint density at radius 2 is 2.04 bits per heavy atom. The quantitative estimate of drug-likeness (QED) is 0.569. The van der Waals surface area contributed by atoms with Gasteiger partial charge in [-0.05, 0) is 0 Å². The van der Waals surface area contributed by atoms with E-state index in [1.165, 1.54) is 22.7 Å². The Hall–Kier alpha value is -2.98. The number of ether oxygens (including phenoxy) is 2. The first-order chi connectivity index (χ1) is 13.2. The number of amides is 1. The van der Waals surface area contributed by atoms with Crippen molar-refractivity contribution >= 4 is 43.9 Å². The van der Waals surface area contributed by atoms with Crippen LogP contribution in [0.15, 0.2) is 29.9 Å². The average Bonchev–Trinajstić information content (AvgIpc) is 3.38. The predicted octanol–water partition coefficient (Wildman–Crippen LogP) is 3.18. The van der Waals surface area contributed by atoms with Gasteiger partial charge >= 0.3 is 0 Å². The summed E-state index contributed by atoms with van der Waals surface area (Å²) in [6.07, 6.45) is 3.58. The fourth-order valence-corrected chi connectivity index (χ4v) is 4.37. The van der Waals surface area contributed by atoms with Crippen LogP contribution in [-0.2, 0) is 7.05 Å². The largest absolute Gasteiger partial charge is 0.486 e. The molecule has 4 aromatic rings. The van der Waals surface area contributed by atoms with Gasteiger partial charge in [0.15, 0.2) is 16.6 Å². The molecule has 136 valence electrons. The molecule has 0 atom stereocenters. The summed E-state index contributed by atoms with van der Waals surface area (Å²) < 4.78 is 13.8. The van der Waals surface area contributed by atoms with Gasteiger partial charge < -0.3 is 9.47 Å². The number of benzene rings is 1. The van der Waals surface area contributed by atoms with Crippen LogP contribution in [0.1, 0.15) is 10.5 Å². The summed E-state index contributed by atoms with van der Waals surface area (Å²) in [5.41, 5.74) is 1.99. The Morgan fingerprint density at radius 3 is 2.81 bits per heavy atom. The van der Waals surface area contributed by atoms with Crippen LogP contribution < -0.4 is 14.8 Å². The molecule has 0 fully saturated rings. The summed E-state index contributed by atoms with van der Waals surface area (Å²) >= 11 is 2.78. The van der Waals surface area contributed by atoms with Gasteiger partial charge in [0.2, 0.25) is 0 Å². The van der Waals surface area contributed by atoms with Crippen molar-refractivity contribution in [1.29, 1.82) is 0 Å². The van der Waals surface area contributed by atoms with E-state index in [0.717, 1.165) is 20.8 Å². The lowest BCUT2D eigenvalue weighted by Crippen LogP contribution is -2.15. The molecule has 5 rings (SSSR count). The van der Waals surface area contributed by atoms with Gasteiger partial charge in [0, 0.05) is 36.3 Å². The summed E-state index contributed by atoms with van der Waals surface area (Å²) in [6.45, 7) is 1.05. The standard InChI is InChI=1S/C17H13N5O3S2/c1-22-7-9(6-18-22)16-19-11(8-26-16)15(23)21-17-20-10-4-12-13(5-14(10)27-17)25-3-2-24-12/h4-8H,2-3H2,1H3,(H,20,21,23). The second-order valence-electron chi connectivity index (χ2n) is 5.88. The summed E-state index contributed by atoms with van der Waals surface area (Å²) in [7, 11) is 1.84. The maximum absolute atomic E-state index is 12.5. The number of carbonyl (C=O) groups excluding carboxylic acids is 1. The van der Waals surface area contributed by atoms with Crippen molar-refractivity contribution < 1.29 is 14.3 Å². The Balaban J connectivity index is 1.38.